The minimum absolute atomic E-state index is 0.106. The lowest BCUT2D eigenvalue weighted by Gasteiger charge is -2.11. The molecule has 0 atom stereocenters. The Bertz CT molecular complexity index is 1370. The fraction of sp³-hybridized carbons (Fsp3) is 0.0870. The van der Waals surface area contributed by atoms with Gasteiger partial charge < -0.3 is 23.6 Å². The number of cyclic esters (lactones) is 1. The molecule has 1 aliphatic heterocycles. The Hall–Kier alpha value is -4.33. The van der Waals surface area contributed by atoms with Gasteiger partial charge in [-0.3, -0.25) is 9.59 Å². The van der Waals surface area contributed by atoms with Crippen LogP contribution in [0.1, 0.15) is 15.9 Å². The summed E-state index contributed by atoms with van der Waals surface area (Å²) in [6.45, 7) is -0.262. The number of anilines is 1. The lowest BCUT2D eigenvalue weighted by molar-refractivity contribution is -0.118. The second-order valence-electron chi connectivity index (χ2n) is 6.85. The predicted octanol–water partition coefficient (Wildman–Crippen LogP) is 3.74. The number of rotatable bonds is 5. The van der Waals surface area contributed by atoms with Gasteiger partial charge in [0.2, 0.25) is 16.9 Å². The van der Waals surface area contributed by atoms with Crippen LogP contribution in [0, 0.1) is 0 Å². The number of carbonyl (C=O) groups excluding carboxylic acids is 2. The fourth-order valence-corrected chi connectivity index (χ4v) is 3.37. The largest absolute Gasteiger partial charge is 0.476 e. The summed E-state index contributed by atoms with van der Waals surface area (Å²) in [5, 5.41) is 3.01. The first-order chi connectivity index (χ1) is 15.1. The van der Waals surface area contributed by atoms with Gasteiger partial charge in [-0.15, -0.1) is 0 Å². The van der Waals surface area contributed by atoms with Crippen molar-refractivity contribution in [2.45, 2.75) is 6.61 Å². The smallest absolute Gasteiger partial charge is 0.338 e. The number of carbonyl (C=O) groups is 2. The second kappa shape index (κ2) is 7.49. The number of esters is 1. The fourth-order valence-electron chi connectivity index (χ4n) is 3.37. The zero-order valence-electron chi connectivity index (χ0n) is 16.0. The third-order valence-corrected chi connectivity index (χ3v) is 4.82. The van der Waals surface area contributed by atoms with E-state index in [2.05, 4.69) is 5.32 Å². The Morgan fingerprint density at radius 3 is 2.77 bits per heavy atom. The number of amides is 1. The molecule has 0 saturated heterocycles. The standard InChI is InChI=1S/C23H15NO7/c25-19(24-14-7-8-15-13(10-14)11-30-23(15)27)12-29-22-20(26)16-4-1-2-5-17(16)31-21(22)18-6-3-9-28-18/h1-10H,11-12H2,(H,24,25). The van der Waals surface area contributed by atoms with Crippen LogP contribution in [0.15, 0.2) is 74.5 Å². The van der Waals surface area contributed by atoms with Gasteiger partial charge in [-0.25, -0.2) is 4.79 Å². The number of furan rings is 1. The molecule has 8 nitrogen and oxygen atoms in total. The predicted molar refractivity (Wildman–Crippen MR) is 110 cm³/mol. The third kappa shape index (κ3) is 3.44. The number of fused-ring (bicyclic) bond motifs is 2. The molecule has 1 aliphatic rings. The molecule has 154 valence electrons. The molecular weight excluding hydrogens is 402 g/mol. The lowest BCUT2D eigenvalue weighted by atomic mass is 10.1. The Labute approximate surface area is 175 Å². The summed E-state index contributed by atoms with van der Waals surface area (Å²) in [5.41, 5.74) is 1.63. The van der Waals surface area contributed by atoms with E-state index in [4.69, 9.17) is 18.3 Å². The van der Waals surface area contributed by atoms with E-state index in [-0.39, 0.29) is 24.1 Å². The summed E-state index contributed by atoms with van der Waals surface area (Å²) < 4.78 is 21.7. The SMILES string of the molecule is O=C(COc1c(-c2ccco2)oc2ccccc2c1=O)Nc1ccc2c(c1)COC2=O. The van der Waals surface area contributed by atoms with E-state index in [9.17, 15) is 14.4 Å². The summed E-state index contributed by atoms with van der Waals surface area (Å²) in [5.74, 6) is -0.569. The van der Waals surface area contributed by atoms with Gasteiger partial charge in [-0.2, -0.15) is 0 Å². The molecule has 3 heterocycles. The van der Waals surface area contributed by atoms with Gasteiger partial charge in [-0.1, -0.05) is 12.1 Å². The molecule has 0 saturated carbocycles. The first kappa shape index (κ1) is 18.7. The Balaban J connectivity index is 1.40. The molecule has 1 amide bonds. The normalized spacial score (nSPS) is 12.5. The van der Waals surface area contributed by atoms with E-state index in [1.165, 1.54) is 6.26 Å². The van der Waals surface area contributed by atoms with Gasteiger partial charge in [-0.05, 0) is 42.5 Å². The summed E-state index contributed by atoms with van der Waals surface area (Å²) >= 11 is 0. The van der Waals surface area contributed by atoms with Crippen LogP contribution in [0.5, 0.6) is 5.75 Å². The quantitative estimate of drug-likeness (QED) is 0.493. The number of benzene rings is 2. The number of para-hydroxylation sites is 1. The Kier molecular flexibility index (Phi) is 4.51. The van der Waals surface area contributed by atoms with Crippen LogP contribution in [0.25, 0.3) is 22.5 Å². The molecule has 8 heteroatoms. The van der Waals surface area contributed by atoms with Gasteiger partial charge in [0.25, 0.3) is 5.91 Å². The van der Waals surface area contributed by atoms with Crippen LogP contribution in [0.2, 0.25) is 0 Å². The number of ether oxygens (including phenoxy) is 2. The molecule has 0 unspecified atom stereocenters. The maximum atomic E-state index is 13.0. The maximum Gasteiger partial charge on any atom is 0.338 e. The minimum atomic E-state index is -0.483. The van der Waals surface area contributed by atoms with Crippen molar-refractivity contribution in [2.24, 2.45) is 0 Å². The summed E-state index contributed by atoms with van der Waals surface area (Å²) in [4.78, 5) is 36.9. The highest BCUT2D eigenvalue weighted by Gasteiger charge is 2.22. The highest BCUT2D eigenvalue weighted by Crippen LogP contribution is 2.31. The molecule has 5 rings (SSSR count). The first-order valence-electron chi connectivity index (χ1n) is 9.42. The van der Waals surface area contributed by atoms with E-state index in [0.29, 0.717) is 33.5 Å². The van der Waals surface area contributed by atoms with Crippen LogP contribution in [-0.4, -0.2) is 18.5 Å². The number of nitrogens with one attached hydrogen (secondary N) is 1. The van der Waals surface area contributed by atoms with Crippen LogP contribution in [0.4, 0.5) is 5.69 Å². The molecular formula is C23H15NO7. The molecule has 1 N–H and O–H groups in total. The van der Waals surface area contributed by atoms with Gasteiger partial charge >= 0.3 is 5.97 Å². The van der Waals surface area contributed by atoms with Crippen molar-refractivity contribution in [3.8, 4) is 17.3 Å². The summed E-state index contributed by atoms with van der Waals surface area (Å²) in [6, 6.07) is 14.9. The average Bonchev–Trinajstić information content (AvgIpc) is 3.43. The maximum absolute atomic E-state index is 13.0. The number of hydrogen-bond donors (Lipinski definition) is 1. The molecule has 0 fully saturated rings. The first-order valence-corrected chi connectivity index (χ1v) is 9.42. The molecule has 2 aromatic carbocycles. The summed E-state index contributed by atoms with van der Waals surface area (Å²) in [7, 11) is 0. The van der Waals surface area contributed by atoms with Crippen molar-refractivity contribution in [1.82, 2.24) is 0 Å². The second-order valence-corrected chi connectivity index (χ2v) is 6.85. The van der Waals surface area contributed by atoms with E-state index in [0.717, 1.165) is 0 Å². The molecule has 0 spiro atoms. The zero-order chi connectivity index (χ0) is 21.4. The Morgan fingerprint density at radius 2 is 1.94 bits per heavy atom. The van der Waals surface area contributed by atoms with Crippen LogP contribution < -0.4 is 15.5 Å². The van der Waals surface area contributed by atoms with Crippen LogP contribution in [0.3, 0.4) is 0 Å². The highest BCUT2D eigenvalue weighted by atomic mass is 16.5. The van der Waals surface area contributed by atoms with E-state index in [1.54, 1.807) is 54.6 Å². The van der Waals surface area contributed by atoms with Crippen LogP contribution in [-0.2, 0) is 16.1 Å². The Morgan fingerprint density at radius 1 is 1.06 bits per heavy atom. The van der Waals surface area contributed by atoms with Crippen molar-refractivity contribution >= 4 is 28.5 Å². The molecule has 0 bridgehead atoms. The monoisotopic (exact) mass is 417 g/mol. The zero-order valence-corrected chi connectivity index (χ0v) is 16.0. The van der Waals surface area contributed by atoms with Crippen molar-refractivity contribution in [2.75, 3.05) is 11.9 Å². The molecule has 31 heavy (non-hydrogen) atoms. The lowest BCUT2D eigenvalue weighted by Crippen LogP contribution is -2.22. The third-order valence-electron chi connectivity index (χ3n) is 4.82. The van der Waals surface area contributed by atoms with Crippen molar-refractivity contribution in [3.63, 3.8) is 0 Å². The van der Waals surface area contributed by atoms with Gasteiger partial charge in [0.1, 0.15) is 12.2 Å². The molecule has 4 aromatic rings. The average molecular weight is 417 g/mol. The minimum Gasteiger partial charge on any atom is -0.476 e. The van der Waals surface area contributed by atoms with E-state index >= 15 is 0 Å². The highest BCUT2D eigenvalue weighted by molar-refractivity contribution is 5.96. The molecule has 0 aliphatic carbocycles. The van der Waals surface area contributed by atoms with Gasteiger partial charge in [0.05, 0.1) is 17.2 Å². The van der Waals surface area contributed by atoms with Crippen molar-refractivity contribution < 1.29 is 27.9 Å². The van der Waals surface area contributed by atoms with Crippen molar-refractivity contribution in [3.05, 3.63) is 82.2 Å². The van der Waals surface area contributed by atoms with Gasteiger partial charge in [0.15, 0.2) is 12.4 Å². The molecule has 0 radical (unpaired) electrons. The summed E-state index contributed by atoms with van der Waals surface area (Å²) in [6.07, 6.45) is 1.45. The van der Waals surface area contributed by atoms with Crippen LogP contribution >= 0.6 is 0 Å². The van der Waals surface area contributed by atoms with Crippen molar-refractivity contribution in [1.29, 1.82) is 0 Å². The molecule has 2 aromatic heterocycles. The van der Waals surface area contributed by atoms with E-state index < -0.39 is 17.9 Å². The van der Waals surface area contributed by atoms with E-state index in [1.807, 2.05) is 0 Å². The van der Waals surface area contributed by atoms with Gasteiger partial charge in [0, 0.05) is 11.3 Å². The number of hydrogen-bond acceptors (Lipinski definition) is 7. The topological polar surface area (TPSA) is 108 Å².